The second kappa shape index (κ2) is 6.76. The highest BCUT2D eigenvalue weighted by molar-refractivity contribution is 5.89. The summed E-state index contributed by atoms with van der Waals surface area (Å²) in [6, 6.07) is 8.65. The third-order valence-corrected chi connectivity index (χ3v) is 3.22. The molecule has 5 heteroatoms. The van der Waals surface area contributed by atoms with Gasteiger partial charge in [-0.2, -0.15) is 5.26 Å². The Morgan fingerprint density at radius 2 is 2.21 bits per heavy atom. The van der Waals surface area contributed by atoms with Crippen LogP contribution in [0.15, 0.2) is 24.3 Å². The zero-order valence-corrected chi connectivity index (χ0v) is 10.8. The van der Waals surface area contributed by atoms with E-state index in [0.29, 0.717) is 23.7 Å². The highest BCUT2D eigenvalue weighted by Gasteiger charge is 2.13. The maximum Gasteiger partial charge on any atom is 0.319 e. The number of anilines is 1. The van der Waals surface area contributed by atoms with Crippen LogP contribution in [0.4, 0.5) is 10.5 Å². The second-order valence-corrected chi connectivity index (χ2v) is 4.74. The number of amides is 2. The smallest absolute Gasteiger partial charge is 0.319 e. The summed E-state index contributed by atoms with van der Waals surface area (Å²) in [7, 11) is 0. The number of carbonyl (C=O) groups is 1. The Balaban J connectivity index is 1.75. The van der Waals surface area contributed by atoms with Crippen molar-refractivity contribution >= 4 is 11.7 Å². The number of benzene rings is 1. The average Bonchev–Trinajstić information content (AvgIpc) is 2.47. The van der Waals surface area contributed by atoms with Crippen molar-refractivity contribution < 1.29 is 4.79 Å². The van der Waals surface area contributed by atoms with Crippen LogP contribution >= 0.6 is 0 Å². The summed E-state index contributed by atoms with van der Waals surface area (Å²) in [5, 5.41) is 17.6. The zero-order valence-electron chi connectivity index (χ0n) is 10.8. The normalized spacial score (nSPS) is 18.4. The topological polar surface area (TPSA) is 77.0 Å². The Labute approximate surface area is 113 Å². The van der Waals surface area contributed by atoms with E-state index >= 15 is 0 Å². The summed E-state index contributed by atoms with van der Waals surface area (Å²) in [6.07, 6.45) is 2.33. The summed E-state index contributed by atoms with van der Waals surface area (Å²) >= 11 is 0. The number of nitriles is 1. The van der Waals surface area contributed by atoms with Gasteiger partial charge in [0.05, 0.1) is 11.6 Å². The van der Waals surface area contributed by atoms with E-state index in [1.54, 1.807) is 24.3 Å². The summed E-state index contributed by atoms with van der Waals surface area (Å²) in [4.78, 5) is 11.7. The highest BCUT2D eigenvalue weighted by atomic mass is 16.2. The lowest BCUT2D eigenvalue weighted by Gasteiger charge is -2.22. The van der Waals surface area contributed by atoms with Crippen LogP contribution in [-0.4, -0.2) is 25.7 Å². The largest absolute Gasteiger partial charge is 0.338 e. The maximum absolute atomic E-state index is 11.7. The molecule has 19 heavy (non-hydrogen) atoms. The number of urea groups is 1. The monoisotopic (exact) mass is 258 g/mol. The molecule has 1 fully saturated rings. The lowest BCUT2D eigenvalue weighted by Crippen LogP contribution is -2.39. The molecule has 0 aromatic heterocycles. The Morgan fingerprint density at radius 3 is 2.84 bits per heavy atom. The van der Waals surface area contributed by atoms with Gasteiger partial charge in [-0.1, -0.05) is 0 Å². The Morgan fingerprint density at radius 1 is 1.42 bits per heavy atom. The van der Waals surface area contributed by atoms with Crippen molar-refractivity contribution in [2.24, 2.45) is 5.92 Å². The number of rotatable bonds is 3. The second-order valence-electron chi connectivity index (χ2n) is 4.74. The van der Waals surface area contributed by atoms with Crippen molar-refractivity contribution in [3.05, 3.63) is 29.8 Å². The van der Waals surface area contributed by atoms with Gasteiger partial charge in [0.1, 0.15) is 0 Å². The van der Waals surface area contributed by atoms with E-state index in [4.69, 9.17) is 5.26 Å². The third-order valence-electron chi connectivity index (χ3n) is 3.22. The molecule has 2 rings (SSSR count). The number of hydrogen-bond acceptors (Lipinski definition) is 3. The number of nitrogens with one attached hydrogen (secondary N) is 3. The minimum atomic E-state index is -0.199. The molecule has 0 bridgehead atoms. The van der Waals surface area contributed by atoms with E-state index in [0.717, 1.165) is 19.5 Å². The van der Waals surface area contributed by atoms with E-state index < -0.39 is 0 Å². The van der Waals surface area contributed by atoms with E-state index in [9.17, 15) is 4.79 Å². The minimum Gasteiger partial charge on any atom is -0.338 e. The molecule has 100 valence electrons. The molecular weight excluding hydrogens is 240 g/mol. The van der Waals surface area contributed by atoms with Crippen LogP contribution in [0, 0.1) is 17.2 Å². The predicted octanol–water partition coefficient (Wildman–Crippen LogP) is 1.68. The lowest BCUT2D eigenvalue weighted by molar-refractivity contribution is 0.248. The molecule has 5 nitrogen and oxygen atoms in total. The number of carbonyl (C=O) groups excluding carboxylic acids is 1. The zero-order chi connectivity index (χ0) is 13.5. The van der Waals surface area contributed by atoms with Crippen molar-refractivity contribution in [2.75, 3.05) is 25.0 Å². The van der Waals surface area contributed by atoms with Gasteiger partial charge >= 0.3 is 6.03 Å². The fourth-order valence-electron chi connectivity index (χ4n) is 2.14. The number of nitrogens with zero attached hydrogens (tertiary/aromatic N) is 1. The van der Waals surface area contributed by atoms with E-state index in [1.165, 1.54) is 6.42 Å². The van der Waals surface area contributed by atoms with Gasteiger partial charge in [-0.3, -0.25) is 0 Å². The van der Waals surface area contributed by atoms with Crippen LogP contribution in [0.1, 0.15) is 18.4 Å². The van der Waals surface area contributed by atoms with Gasteiger partial charge in [0.2, 0.25) is 0 Å². The average molecular weight is 258 g/mol. The molecule has 1 aromatic carbocycles. The minimum absolute atomic E-state index is 0.199. The number of hydrogen-bond donors (Lipinski definition) is 3. The molecule has 1 heterocycles. The fourth-order valence-corrected chi connectivity index (χ4v) is 2.14. The molecule has 1 unspecified atom stereocenters. The first kappa shape index (κ1) is 13.4. The van der Waals surface area contributed by atoms with Gasteiger partial charge in [0, 0.05) is 12.2 Å². The maximum atomic E-state index is 11.7. The molecule has 2 amide bonds. The summed E-state index contributed by atoms with van der Waals surface area (Å²) < 4.78 is 0. The summed E-state index contributed by atoms with van der Waals surface area (Å²) in [5.41, 5.74) is 1.28. The SMILES string of the molecule is N#Cc1ccc(NC(=O)NCC2CCCNC2)cc1. The molecule has 0 radical (unpaired) electrons. The van der Waals surface area contributed by atoms with E-state index in [-0.39, 0.29) is 6.03 Å². The first-order chi connectivity index (χ1) is 9.28. The molecule has 0 aliphatic carbocycles. The molecule has 0 spiro atoms. The van der Waals surface area contributed by atoms with Gasteiger partial charge in [0.25, 0.3) is 0 Å². The van der Waals surface area contributed by atoms with Crippen LogP contribution in [0.2, 0.25) is 0 Å². The van der Waals surface area contributed by atoms with Gasteiger partial charge in [-0.25, -0.2) is 4.79 Å². The van der Waals surface area contributed by atoms with E-state index in [1.807, 2.05) is 6.07 Å². The van der Waals surface area contributed by atoms with E-state index in [2.05, 4.69) is 16.0 Å². The first-order valence-corrected chi connectivity index (χ1v) is 6.53. The lowest BCUT2D eigenvalue weighted by atomic mass is 10.00. The molecular formula is C14H18N4O. The molecule has 1 aromatic rings. The number of piperidine rings is 1. The third kappa shape index (κ3) is 4.27. The predicted molar refractivity (Wildman–Crippen MR) is 73.8 cm³/mol. The van der Waals surface area contributed by atoms with Crippen molar-refractivity contribution in [1.82, 2.24) is 10.6 Å². The van der Waals surface area contributed by atoms with Crippen molar-refractivity contribution in [2.45, 2.75) is 12.8 Å². The Hall–Kier alpha value is -2.06. The van der Waals surface area contributed by atoms with Gasteiger partial charge in [-0.15, -0.1) is 0 Å². The van der Waals surface area contributed by atoms with Gasteiger partial charge in [-0.05, 0) is 56.1 Å². The van der Waals surface area contributed by atoms with Crippen molar-refractivity contribution in [3.63, 3.8) is 0 Å². The Bertz CT molecular complexity index is 457. The van der Waals surface area contributed by atoms with Gasteiger partial charge in [0.15, 0.2) is 0 Å². The molecule has 1 atom stereocenters. The van der Waals surface area contributed by atoms with Crippen LogP contribution in [0.3, 0.4) is 0 Å². The molecule has 1 saturated heterocycles. The molecule has 3 N–H and O–H groups in total. The summed E-state index contributed by atoms with van der Waals surface area (Å²) in [5.74, 6) is 0.514. The van der Waals surface area contributed by atoms with Crippen LogP contribution in [0.5, 0.6) is 0 Å². The van der Waals surface area contributed by atoms with Gasteiger partial charge < -0.3 is 16.0 Å². The molecule has 1 aliphatic rings. The van der Waals surface area contributed by atoms with Crippen LogP contribution < -0.4 is 16.0 Å². The highest BCUT2D eigenvalue weighted by Crippen LogP contribution is 2.10. The quantitative estimate of drug-likeness (QED) is 0.772. The first-order valence-electron chi connectivity index (χ1n) is 6.53. The standard InChI is InChI=1S/C14H18N4O/c15-8-11-3-5-13(6-4-11)18-14(19)17-10-12-2-1-7-16-9-12/h3-6,12,16H,1-2,7,9-10H2,(H2,17,18,19). The fraction of sp³-hybridized carbons (Fsp3) is 0.429. The van der Waals surface area contributed by atoms with Crippen molar-refractivity contribution in [3.8, 4) is 6.07 Å². The van der Waals surface area contributed by atoms with Crippen LogP contribution in [-0.2, 0) is 0 Å². The van der Waals surface area contributed by atoms with Crippen LogP contribution in [0.25, 0.3) is 0 Å². The molecule has 0 saturated carbocycles. The van der Waals surface area contributed by atoms with Crippen molar-refractivity contribution in [1.29, 1.82) is 5.26 Å². The molecule has 1 aliphatic heterocycles. The summed E-state index contributed by atoms with van der Waals surface area (Å²) in [6.45, 7) is 2.74. The Kier molecular flexibility index (Phi) is 4.76.